The second-order valence-corrected chi connectivity index (χ2v) is 8.29. The highest BCUT2D eigenvalue weighted by atomic mass is 16.1. The Bertz CT molecular complexity index is 980. The molecule has 0 heterocycles. The molecule has 1 fully saturated rings. The fraction of sp³-hybridized carbons (Fsp3) is 0.296. The molecule has 0 unspecified atom stereocenters. The minimum absolute atomic E-state index is 0.0564. The first-order valence-corrected chi connectivity index (χ1v) is 10.7. The third-order valence-electron chi connectivity index (χ3n) is 6.23. The molecule has 1 amide bonds. The van der Waals surface area contributed by atoms with E-state index in [-0.39, 0.29) is 5.91 Å². The molecule has 0 saturated heterocycles. The molecule has 3 aromatic carbocycles. The standard InChI is InChI=1S/C27H29NO/c1-19-8-9-25(18-20(19)2)23-14-16-26(17-15-23)28-27(29)24-12-10-22(11-13-24)21-6-4-3-5-7-21/h8-18,21H,3-7H2,1-2H3,(H,28,29). The lowest BCUT2D eigenvalue weighted by Crippen LogP contribution is -2.12. The average molecular weight is 384 g/mol. The Hall–Kier alpha value is -2.87. The summed E-state index contributed by atoms with van der Waals surface area (Å²) >= 11 is 0. The minimum Gasteiger partial charge on any atom is -0.322 e. The zero-order valence-corrected chi connectivity index (χ0v) is 17.4. The van der Waals surface area contributed by atoms with Crippen LogP contribution in [-0.4, -0.2) is 5.91 Å². The Balaban J connectivity index is 1.42. The topological polar surface area (TPSA) is 29.1 Å². The van der Waals surface area contributed by atoms with Gasteiger partial charge < -0.3 is 5.32 Å². The van der Waals surface area contributed by atoms with E-state index in [9.17, 15) is 4.79 Å². The number of carbonyl (C=O) groups excluding carboxylic acids is 1. The van der Waals surface area contributed by atoms with E-state index in [1.165, 1.54) is 54.4 Å². The molecule has 0 aromatic heterocycles. The molecule has 1 aliphatic carbocycles. The van der Waals surface area contributed by atoms with Gasteiger partial charge in [-0.15, -0.1) is 0 Å². The Labute approximate surface area is 174 Å². The van der Waals surface area contributed by atoms with Crippen LogP contribution in [0.3, 0.4) is 0 Å². The molecule has 0 aliphatic heterocycles. The average Bonchev–Trinajstić information content (AvgIpc) is 2.77. The van der Waals surface area contributed by atoms with Gasteiger partial charge in [-0.3, -0.25) is 4.79 Å². The predicted octanol–water partition coefficient (Wildman–Crippen LogP) is 7.27. The molecule has 1 saturated carbocycles. The highest BCUT2D eigenvalue weighted by molar-refractivity contribution is 6.04. The van der Waals surface area contributed by atoms with Crippen molar-refractivity contribution in [3.05, 3.63) is 89.0 Å². The highest BCUT2D eigenvalue weighted by Gasteiger charge is 2.16. The van der Waals surface area contributed by atoms with E-state index in [1.54, 1.807) is 0 Å². The van der Waals surface area contributed by atoms with Gasteiger partial charge in [0, 0.05) is 11.3 Å². The zero-order chi connectivity index (χ0) is 20.2. The van der Waals surface area contributed by atoms with E-state index in [0.29, 0.717) is 11.5 Å². The van der Waals surface area contributed by atoms with Crippen molar-refractivity contribution in [2.24, 2.45) is 0 Å². The van der Waals surface area contributed by atoms with E-state index >= 15 is 0 Å². The number of rotatable bonds is 4. The van der Waals surface area contributed by atoms with Gasteiger partial charge in [-0.05, 0) is 84.7 Å². The maximum absolute atomic E-state index is 12.6. The smallest absolute Gasteiger partial charge is 0.255 e. The van der Waals surface area contributed by atoms with Gasteiger partial charge in [0.15, 0.2) is 0 Å². The summed E-state index contributed by atoms with van der Waals surface area (Å²) in [5.74, 6) is 0.609. The third kappa shape index (κ3) is 4.59. The second kappa shape index (κ2) is 8.65. The summed E-state index contributed by atoms with van der Waals surface area (Å²) in [7, 11) is 0. The lowest BCUT2D eigenvalue weighted by Gasteiger charge is -2.22. The van der Waals surface area contributed by atoms with Crippen molar-refractivity contribution in [1.29, 1.82) is 0 Å². The van der Waals surface area contributed by atoms with Crippen molar-refractivity contribution in [1.82, 2.24) is 0 Å². The third-order valence-corrected chi connectivity index (χ3v) is 6.23. The zero-order valence-electron chi connectivity index (χ0n) is 17.4. The quantitative estimate of drug-likeness (QED) is 0.504. The molecule has 148 valence electrons. The van der Waals surface area contributed by atoms with E-state index in [2.05, 4.69) is 61.6 Å². The molecule has 0 bridgehead atoms. The van der Waals surface area contributed by atoms with Gasteiger partial charge in [0.1, 0.15) is 0 Å². The molecule has 2 heteroatoms. The van der Waals surface area contributed by atoms with E-state index in [4.69, 9.17) is 0 Å². The van der Waals surface area contributed by atoms with E-state index in [0.717, 1.165) is 11.3 Å². The van der Waals surface area contributed by atoms with Gasteiger partial charge in [-0.2, -0.15) is 0 Å². The van der Waals surface area contributed by atoms with Gasteiger partial charge in [-0.25, -0.2) is 0 Å². The Morgan fingerprint density at radius 1 is 0.759 bits per heavy atom. The Morgan fingerprint density at radius 2 is 1.41 bits per heavy atom. The van der Waals surface area contributed by atoms with Crippen LogP contribution in [-0.2, 0) is 0 Å². The highest BCUT2D eigenvalue weighted by Crippen LogP contribution is 2.32. The monoisotopic (exact) mass is 383 g/mol. The molecular formula is C27H29NO. The summed E-state index contributed by atoms with van der Waals surface area (Å²) < 4.78 is 0. The van der Waals surface area contributed by atoms with Crippen LogP contribution < -0.4 is 5.32 Å². The first-order valence-electron chi connectivity index (χ1n) is 10.7. The van der Waals surface area contributed by atoms with Crippen LogP contribution >= 0.6 is 0 Å². The number of hydrogen-bond acceptors (Lipinski definition) is 1. The van der Waals surface area contributed by atoms with Gasteiger partial charge >= 0.3 is 0 Å². The molecular weight excluding hydrogens is 354 g/mol. The SMILES string of the molecule is Cc1ccc(-c2ccc(NC(=O)c3ccc(C4CCCCC4)cc3)cc2)cc1C. The summed E-state index contributed by atoms with van der Waals surface area (Å²) in [6, 6.07) is 22.8. The fourth-order valence-corrected chi connectivity index (χ4v) is 4.21. The molecule has 1 aliphatic rings. The lowest BCUT2D eigenvalue weighted by molar-refractivity contribution is 0.102. The van der Waals surface area contributed by atoms with Crippen molar-refractivity contribution in [3.63, 3.8) is 0 Å². The number of amides is 1. The second-order valence-electron chi connectivity index (χ2n) is 8.29. The maximum atomic E-state index is 12.6. The summed E-state index contributed by atoms with van der Waals surface area (Å²) in [4.78, 5) is 12.6. The predicted molar refractivity (Wildman–Crippen MR) is 122 cm³/mol. The molecule has 4 rings (SSSR count). The van der Waals surface area contributed by atoms with E-state index in [1.807, 2.05) is 24.3 Å². The van der Waals surface area contributed by atoms with Crippen LogP contribution in [0.2, 0.25) is 0 Å². The maximum Gasteiger partial charge on any atom is 0.255 e. The lowest BCUT2D eigenvalue weighted by atomic mass is 9.84. The molecule has 0 atom stereocenters. The van der Waals surface area contributed by atoms with E-state index < -0.39 is 0 Å². The molecule has 29 heavy (non-hydrogen) atoms. The fourth-order valence-electron chi connectivity index (χ4n) is 4.21. The van der Waals surface area contributed by atoms with Crippen LogP contribution in [0.4, 0.5) is 5.69 Å². The van der Waals surface area contributed by atoms with Gasteiger partial charge in [0.2, 0.25) is 0 Å². The normalized spacial score (nSPS) is 14.6. The summed E-state index contributed by atoms with van der Waals surface area (Å²) in [6.45, 7) is 4.26. The number of nitrogens with one attached hydrogen (secondary N) is 1. The Morgan fingerprint density at radius 3 is 2.07 bits per heavy atom. The number of hydrogen-bond donors (Lipinski definition) is 1. The molecule has 0 spiro atoms. The number of carbonyl (C=O) groups is 1. The summed E-state index contributed by atoms with van der Waals surface area (Å²) in [5, 5.41) is 3.02. The first-order chi connectivity index (χ1) is 14.1. The van der Waals surface area contributed by atoms with Crippen molar-refractivity contribution in [2.75, 3.05) is 5.32 Å². The summed E-state index contributed by atoms with van der Waals surface area (Å²) in [6.07, 6.45) is 6.56. The van der Waals surface area contributed by atoms with Crippen molar-refractivity contribution in [2.45, 2.75) is 51.9 Å². The Kier molecular flexibility index (Phi) is 5.80. The van der Waals surface area contributed by atoms with Crippen LogP contribution in [0.15, 0.2) is 66.7 Å². The first kappa shape index (κ1) is 19.4. The largest absolute Gasteiger partial charge is 0.322 e. The van der Waals surface area contributed by atoms with Crippen molar-refractivity contribution >= 4 is 11.6 Å². The van der Waals surface area contributed by atoms with Gasteiger partial charge in [-0.1, -0.05) is 61.7 Å². The number of anilines is 1. The van der Waals surface area contributed by atoms with Gasteiger partial charge in [0.25, 0.3) is 5.91 Å². The molecule has 1 N–H and O–H groups in total. The number of aryl methyl sites for hydroxylation is 2. The van der Waals surface area contributed by atoms with Gasteiger partial charge in [0.05, 0.1) is 0 Å². The summed E-state index contributed by atoms with van der Waals surface area (Å²) in [5.41, 5.74) is 7.84. The van der Waals surface area contributed by atoms with Crippen molar-refractivity contribution in [3.8, 4) is 11.1 Å². The van der Waals surface area contributed by atoms with Crippen LogP contribution in [0.25, 0.3) is 11.1 Å². The molecule has 0 radical (unpaired) electrons. The molecule has 2 nitrogen and oxygen atoms in total. The minimum atomic E-state index is -0.0564. The van der Waals surface area contributed by atoms with Crippen LogP contribution in [0, 0.1) is 13.8 Å². The van der Waals surface area contributed by atoms with Crippen molar-refractivity contribution < 1.29 is 4.79 Å². The molecule has 3 aromatic rings. The van der Waals surface area contributed by atoms with Crippen LogP contribution in [0.1, 0.15) is 65.1 Å². The number of benzene rings is 3. The van der Waals surface area contributed by atoms with Crippen LogP contribution in [0.5, 0.6) is 0 Å².